The van der Waals surface area contributed by atoms with Gasteiger partial charge in [0.25, 0.3) is 0 Å². The van der Waals surface area contributed by atoms with Crippen LogP contribution in [0, 0.1) is 12.8 Å². The largest absolute Gasteiger partial charge is 0.341 e. The smallest absolute Gasteiger partial charge is 0.225 e. The molecule has 1 aliphatic heterocycles. The lowest BCUT2D eigenvalue weighted by atomic mass is 9.95. The molecule has 4 rings (SSSR count). The van der Waals surface area contributed by atoms with Crippen LogP contribution in [-0.4, -0.2) is 40.9 Å². The Hall–Kier alpha value is -3.21. The zero-order valence-electron chi connectivity index (χ0n) is 17.7. The van der Waals surface area contributed by atoms with Crippen LogP contribution in [0.4, 0.5) is 5.95 Å². The van der Waals surface area contributed by atoms with Crippen LogP contribution in [0.25, 0.3) is 11.1 Å². The van der Waals surface area contributed by atoms with Gasteiger partial charge in [0.05, 0.1) is 0 Å². The summed E-state index contributed by atoms with van der Waals surface area (Å²) in [5, 5.41) is 0. The Kier molecular flexibility index (Phi) is 6.07. The van der Waals surface area contributed by atoms with Crippen LogP contribution in [-0.2, 0) is 11.3 Å². The van der Waals surface area contributed by atoms with Crippen LogP contribution in [0.3, 0.4) is 0 Å². The van der Waals surface area contributed by atoms with Crippen molar-refractivity contribution in [2.75, 3.05) is 25.0 Å². The lowest BCUT2D eigenvalue weighted by Gasteiger charge is -2.33. The molecule has 1 aromatic heterocycles. The molecule has 5 heteroatoms. The molecule has 154 valence electrons. The van der Waals surface area contributed by atoms with Crippen molar-refractivity contribution < 1.29 is 4.79 Å². The lowest BCUT2D eigenvalue weighted by Crippen LogP contribution is -2.41. The number of hydrogen-bond donors (Lipinski definition) is 0. The van der Waals surface area contributed by atoms with Gasteiger partial charge in [-0.3, -0.25) is 4.79 Å². The van der Waals surface area contributed by atoms with E-state index in [0.29, 0.717) is 6.54 Å². The summed E-state index contributed by atoms with van der Waals surface area (Å²) in [6.45, 7) is 4.35. The number of aromatic nitrogens is 2. The Balaban J connectivity index is 1.33. The number of anilines is 1. The van der Waals surface area contributed by atoms with E-state index in [1.54, 1.807) is 0 Å². The summed E-state index contributed by atoms with van der Waals surface area (Å²) in [5.41, 5.74) is 4.54. The quantitative estimate of drug-likeness (QED) is 0.640. The second-order valence-electron chi connectivity index (χ2n) is 8.08. The first-order valence-corrected chi connectivity index (χ1v) is 10.5. The van der Waals surface area contributed by atoms with Gasteiger partial charge in [-0.25, -0.2) is 9.97 Å². The molecule has 5 nitrogen and oxygen atoms in total. The number of carbonyl (C=O) groups is 1. The maximum absolute atomic E-state index is 12.9. The van der Waals surface area contributed by atoms with Gasteiger partial charge in [0, 0.05) is 50.6 Å². The third kappa shape index (κ3) is 4.67. The number of nitrogens with zero attached hydrogens (tertiary/aromatic N) is 4. The van der Waals surface area contributed by atoms with Crippen LogP contribution in [0.1, 0.15) is 24.0 Å². The maximum atomic E-state index is 12.9. The van der Waals surface area contributed by atoms with E-state index in [2.05, 4.69) is 58.2 Å². The number of hydrogen-bond acceptors (Lipinski definition) is 4. The van der Waals surface area contributed by atoms with Gasteiger partial charge in [0.2, 0.25) is 11.9 Å². The average Bonchev–Trinajstić information content (AvgIpc) is 2.79. The monoisotopic (exact) mass is 400 g/mol. The lowest BCUT2D eigenvalue weighted by molar-refractivity contribution is -0.135. The molecule has 0 N–H and O–H groups in total. The molecule has 0 atom stereocenters. The van der Waals surface area contributed by atoms with Crippen molar-refractivity contribution in [1.82, 2.24) is 14.9 Å². The number of piperidine rings is 1. The van der Waals surface area contributed by atoms with Gasteiger partial charge in [-0.05, 0) is 30.9 Å². The first kappa shape index (κ1) is 20.1. The van der Waals surface area contributed by atoms with E-state index in [-0.39, 0.29) is 11.8 Å². The molecule has 1 amide bonds. The molecule has 30 heavy (non-hydrogen) atoms. The Morgan fingerprint density at radius 1 is 1.00 bits per heavy atom. The highest BCUT2D eigenvalue weighted by molar-refractivity contribution is 5.79. The van der Waals surface area contributed by atoms with Crippen molar-refractivity contribution in [2.24, 2.45) is 5.92 Å². The van der Waals surface area contributed by atoms with Crippen molar-refractivity contribution in [2.45, 2.75) is 26.3 Å². The fourth-order valence-corrected chi connectivity index (χ4v) is 4.03. The molecule has 0 aliphatic carbocycles. The highest BCUT2D eigenvalue weighted by atomic mass is 16.2. The summed E-state index contributed by atoms with van der Waals surface area (Å²) in [6, 6.07) is 18.5. The van der Waals surface area contributed by atoms with Crippen LogP contribution in [0.15, 0.2) is 67.0 Å². The maximum Gasteiger partial charge on any atom is 0.225 e. The summed E-state index contributed by atoms with van der Waals surface area (Å²) in [6.07, 6.45) is 5.45. The minimum atomic E-state index is 0.0709. The Labute approximate surface area is 178 Å². The molecule has 3 aromatic rings. The second kappa shape index (κ2) is 9.08. The van der Waals surface area contributed by atoms with Crippen molar-refractivity contribution >= 4 is 11.9 Å². The molecule has 1 fully saturated rings. The highest BCUT2D eigenvalue weighted by Crippen LogP contribution is 2.24. The topological polar surface area (TPSA) is 49.3 Å². The van der Waals surface area contributed by atoms with Gasteiger partial charge < -0.3 is 9.80 Å². The summed E-state index contributed by atoms with van der Waals surface area (Å²) in [7, 11) is 1.90. The summed E-state index contributed by atoms with van der Waals surface area (Å²) in [5.74, 6) is 1.05. The summed E-state index contributed by atoms with van der Waals surface area (Å²) in [4.78, 5) is 26.1. The first-order chi connectivity index (χ1) is 14.6. The van der Waals surface area contributed by atoms with Crippen molar-refractivity contribution in [3.63, 3.8) is 0 Å². The van der Waals surface area contributed by atoms with Gasteiger partial charge in [-0.2, -0.15) is 0 Å². The summed E-state index contributed by atoms with van der Waals surface area (Å²) < 4.78 is 0. The van der Waals surface area contributed by atoms with E-state index < -0.39 is 0 Å². The molecule has 1 aliphatic rings. The fraction of sp³-hybridized carbons (Fsp3) is 0.320. The molecular weight excluding hydrogens is 372 g/mol. The number of benzene rings is 2. The minimum Gasteiger partial charge on any atom is -0.341 e. The zero-order valence-corrected chi connectivity index (χ0v) is 17.7. The molecule has 0 spiro atoms. The molecule has 0 bridgehead atoms. The molecule has 1 saturated heterocycles. The van der Waals surface area contributed by atoms with E-state index in [1.807, 2.05) is 42.5 Å². The first-order valence-electron chi connectivity index (χ1n) is 10.5. The number of carbonyl (C=O) groups excluding carboxylic acids is 1. The average molecular weight is 401 g/mol. The van der Waals surface area contributed by atoms with E-state index in [1.165, 1.54) is 5.56 Å². The number of aryl methyl sites for hydroxylation is 1. The van der Waals surface area contributed by atoms with E-state index in [4.69, 9.17) is 0 Å². The summed E-state index contributed by atoms with van der Waals surface area (Å²) >= 11 is 0. The van der Waals surface area contributed by atoms with Gasteiger partial charge >= 0.3 is 0 Å². The van der Waals surface area contributed by atoms with E-state index in [0.717, 1.165) is 48.6 Å². The van der Waals surface area contributed by atoms with E-state index >= 15 is 0 Å². The normalized spacial score (nSPS) is 14.5. The third-order valence-corrected chi connectivity index (χ3v) is 5.76. The van der Waals surface area contributed by atoms with Gasteiger partial charge in [0.1, 0.15) is 0 Å². The van der Waals surface area contributed by atoms with Gasteiger partial charge in [-0.15, -0.1) is 0 Å². The van der Waals surface area contributed by atoms with Crippen LogP contribution in [0.5, 0.6) is 0 Å². The highest BCUT2D eigenvalue weighted by Gasteiger charge is 2.28. The Morgan fingerprint density at radius 2 is 1.70 bits per heavy atom. The molecule has 0 radical (unpaired) electrons. The fourth-order valence-electron chi connectivity index (χ4n) is 4.03. The predicted molar refractivity (Wildman–Crippen MR) is 120 cm³/mol. The number of amides is 1. The minimum absolute atomic E-state index is 0.0709. The standard InChI is InChI=1S/C25H28N4O/c1-19-7-6-10-22(15-19)23-16-26-25(27-17-23)29-13-11-21(12-14-29)24(30)28(2)18-20-8-4-3-5-9-20/h3-10,15-17,21H,11-14,18H2,1-2H3. The van der Waals surface area contributed by atoms with Crippen LogP contribution >= 0.6 is 0 Å². The van der Waals surface area contributed by atoms with Crippen molar-refractivity contribution in [3.8, 4) is 11.1 Å². The zero-order chi connectivity index (χ0) is 20.9. The van der Waals surface area contributed by atoms with Gasteiger partial charge in [-0.1, -0.05) is 60.2 Å². The Morgan fingerprint density at radius 3 is 2.37 bits per heavy atom. The van der Waals surface area contributed by atoms with Gasteiger partial charge in [0.15, 0.2) is 0 Å². The van der Waals surface area contributed by atoms with Crippen LogP contribution < -0.4 is 4.90 Å². The molecule has 0 saturated carbocycles. The van der Waals surface area contributed by atoms with E-state index in [9.17, 15) is 4.79 Å². The molecule has 2 aromatic carbocycles. The SMILES string of the molecule is Cc1cccc(-c2cnc(N3CCC(C(=O)N(C)Cc4ccccc4)CC3)nc2)c1. The number of rotatable bonds is 5. The van der Waals surface area contributed by atoms with Crippen molar-refractivity contribution in [3.05, 3.63) is 78.1 Å². The van der Waals surface area contributed by atoms with Crippen LogP contribution in [0.2, 0.25) is 0 Å². The molecule has 0 unspecified atom stereocenters. The third-order valence-electron chi connectivity index (χ3n) is 5.76. The Bertz CT molecular complexity index is 980. The molecular formula is C25H28N4O. The molecule has 2 heterocycles. The van der Waals surface area contributed by atoms with Crippen molar-refractivity contribution in [1.29, 1.82) is 0 Å². The second-order valence-corrected chi connectivity index (χ2v) is 8.08. The predicted octanol–water partition coefficient (Wildman–Crippen LogP) is 4.33.